The zero-order chi connectivity index (χ0) is 14.7. The minimum absolute atomic E-state index is 0.0935. The third kappa shape index (κ3) is 3.28. The Balaban J connectivity index is 1.54. The van der Waals surface area contributed by atoms with Gasteiger partial charge >= 0.3 is 0 Å². The first-order valence-electron chi connectivity index (χ1n) is 5.98. The maximum absolute atomic E-state index is 11.8. The van der Waals surface area contributed by atoms with Gasteiger partial charge < -0.3 is 11.1 Å². The summed E-state index contributed by atoms with van der Waals surface area (Å²) in [5, 5.41) is 14.9. The largest absolute Gasteiger partial charge is 0.374 e. The van der Waals surface area contributed by atoms with Crippen molar-refractivity contribution < 1.29 is 4.79 Å². The quantitative estimate of drug-likeness (QED) is 0.661. The zero-order valence-corrected chi connectivity index (χ0v) is 12.4. The van der Waals surface area contributed by atoms with E-state index in [1.807, 2.05) is 6.20 Å². The molecule has 0 bridgehead atoms. The van der Waals surface area contributed by atoms with Crippen molar-refractivity contribution in [1.82, 2.24) is 30.1 Å². The number of carbonyl (C=O) groups excluding carboxylic acids is 1. The molecule has 3 aromatic rings. The van der Waals surface area contributed by atoms with E-state index in [0.717, 1.165) is 11.2 Å². The van der Waals surface area contributed by atoms with Gasteiger partial charge in [0.05, 0.1) is 11.9 Å². The Hall–Kier alpha value is -2.20. The van der Waals surface area contributed by atoms with E-state index >= 15 is 0 Å². The van der Waals surface area contributed by atoms with Crippen LogP contribution in [0, 0.1) is 0 Å². The van der Waals surface area contributed by atoms with E-state index in [0.29, 0.717) is 16.0 Å². The minimum Gasteiger partial charge on any atom is -0.374 e. The van der Waals surface area contributed by atoms with E-state index in [1.165, 1.54) is 23.1 Å². The molecule has 3 heterocycles. The molecule has 108 valence electrons. The first-order valence-corrected chi connectivity index (χ1v) is 7.78. The fourth-order valence-electron chi connectivity index (χ4n) is 1.65. The number of thioether (sulfide) groups is 1. The highest BCUT2D eigenvalue weighted by Gasteiger charge is 2.09. The molecule has 0 spiro atoms. The van der Waals surface area contributed by atoms with E-state index < -0.39 is 0 Å². The molecule has 0 aromatic carbocycles. The second-order valence-electron chi connectivity index (χ2n) is 4.03. The lowest BCUT2D eigenvalue weighted by Gasteiger charge is -2.02. The van der Waals surface area contributed by atoms with Gasteiger partial charge in [0, 0.05) is 24.5 Å². The van der Waals surface area contributed by atoms with Crippen LogP contribution in [0.3, 0.4) is 0 Å². The topological polar surface area (TPSA) is 111 Å². The van der Waals surface area contributed by atoms with E-state index in [-0.39, 0.29) is 11.7 Å². The fraction of sp³-hybridized carbons (Fsp3) is 0.182. The summed E-state index contributed by atoms with van der Waals surface area (Å²) in [7, 11) is 0. The molecule has 0 saturated heterocycles. The molecule has 0 atom stereocenters. The highest BCUT2D eigenvalue weighted by molar-refractivity contribution is 8.01. The van der Waals surface area contributed by atoms with Gasteiger partial charge in [0.1, 0.15) is 0 Å². The van der Waals surface area contributed by atoms with Crippen molar-refractivity contribution in [2.75, 3.05) is 11.5 Å². The summed E-state index contributed by atoms with van der Waals surface area (Å²) in [5.41, 5.74) is 7.08. The van der Waals surface area contributed by atoms with Gasteiger partial charge in [-0.25, -0.2) is 9.50 Å². The lowest BCUT2D eigenvalue weighted by Crippen LogP contribution is -2.24. The van der Waals surface area contributed by atoms with Crippen molar-refractivity contribution in [2.45, 2.75) is 10.9 Å². The Morgan fingerprint density at radius 3 is 3.19 bits per heavy atom. The molecule has 0 fully saturated rings. The van der Waals surface area contributed by atoms with Gasteiger partial charge in [0.2, 0.25) is 11.0 Å². The second kappa shape index (κ2) is 6.06. The van der Waals surface area contributed by atoms with Gasteiger partial charge in [-0.3, -0.25) is 4.79 Å². The lowest BCUT2D eigenvalue weighted by molar-refractivity contribution is -0.118. The summed E-state index contributed by atoms with van der Waals surface area (Å²) < 4.78 is 2.35. The van der Waals surface area contributed by atoms with Gasteiger partial charge in [-0.05, 0) is 6.07 Å². The molecule has 0 aliphatic carbocycles. The van der Waals surface area contributed by atoms with Crippen molar-refractivity contribution in [3.8, 4) is 0 Å². The number of anilines is 1. The van der Waals surface area contributed by atoms with Crippen LogP contribution in [0.5, 0.6) is 0 Å². The number of amides is 1. The van der Waals surface area contributed by atoms with Crippen LogP contribution in [0.1, 0.15) is 5.56 Å². The van der Waals surface area contributed by atoms with Crippen molar-refractivity contribution in [1.29, 1.82) is 0 Å². The maximum Gasteiger partial charge on any atom is 0.230 e. The van der Waals surface area contributed by atoms with Crippen LogP contribution in [-0.2, 0) is 11.3 Å². The summed E-state index contributed by atoms with van der Waals surface area (Å²) in [6.45, 7) is 0.387. The van der Waals surface area contributed by atoms with Crippen LogP contribution in [0.4, 0.5) is 5.13 Å². The van der Waals surface area contributed by atoms with E-state index in [2.05, 4.69) is 25.6 Å². The van der Waals surface area contributed by atoms with Crippen LogP contribution in [0.25, 0.3) is 5.65 Å². The van der Waals surface area contributed by atoms with Gasteiger partial charge in [0.25, 0.3) is 0 Å². The van der Waals surface area contributed by atoms with E-state index in [1.54, 1.807) is 23.0 Å². The third-order valence-corrected chi connectivity index (χ3v) is 4.46. The van der Waals surface area contributed by atoms with Crippen LogP contribution < -0.4 is 11.1 Å². The number of hydrogen-bond acceptors (Lipinski definition) is 8. The maximum atomic E-state index is 11.8. The number of nitrogens with one attached hydrogen (secondary N) is 1. The molecule has 0 aliphatic rings. The Kier molecular flexibility index (Phi) is 3.97. The van der Waals surface area contributed by atoms with Crippen LogP contribution in [0.2, 0.25) is 0 Å². The molecule has 3 aromatic heterocycles. The van der Waals surface area contributed by atoms with E-state index in [9.17, 15) is 4.79 Å². The van der Waals surface area contributed by atoms with Crippen LogP contribution in [-0.4, -0.2) is 36.5 Å². The fourth-order valence-corrected chi connectivity index (χ4v) is 3.12. The molecule has 1 amide bonds. The lowest BCUT2D eigenvalue weighted by atomic mass is 10.3. The summed E-state index contributed by atoms with van der Waals surface area (Å²) in [4.78, 5) is 16.0. The number of rotatable bonds is 5. The highest BCUT2D eigenvalue weighted by atomic mass is 32.2. The van der Waals surface area contributed by atoms with Crippen molar-refractivity contribution in [3.05, 3.63) is 30.2 Å². The molecule has 21 heavy (non-hydrogen) atoms. The number of nitrogens with two attached hydrogens (primary N) is 1. The molecule has 0 saturated carbocycles. The number of carbonyl (C=O) groups is 1. The summed E-state index contributed by atoms with van der Waals surface area (Å²) in [6, 6.07) is 1.80. The molecule has 8 nitrogen and oxygen atoms in total. The Morgan fingerprint density at radius 2 is 2.38 bits per heavy atom. The van der Waals surface area contributed by atoms with Crippen LogP contribution >= 0.6 is 23.1 Å². The predicted octanol–water partition coefficient (Wildman–Crippen LogP) is 0.571. The Labute approximate surface area is 127 Å². The Bertz CT molecular complexity index is 769. The molecular formula is C11H11N7OS2. The number of nitrogen functional groups attached to an aromatic ring is 1. The summed E-state index contributed by atoms with van der Waals surface area (Å²) >= 11 is 2.57. The van der Waals surface area contributed by atoms with Gasteiger partial charge in [-0.2, -0.15) is 5.10 Å². The predicted molar refractivity (Wildman–Crippen MR) is 79.9 cm³/mol. The zero-order valence-electron chi connectivity index (χ0n) is 10.8. The number of fused-ring (bicyclic) bond motifs is 1. The number of nitrogens with zero attached hydrogens (tertiary/aromatic N) is 5. The SMILES string of the molecule is Nc1nnc(SCC(=O)NCc2cnn3cccnc23)s1. The molecule has 3 rings (SSSR count). The molecule has 0 unspecified atom stereocenters. The first kappa shape index (κ1) is 13.8. The van der Waals surface area contributed by atoms with Crippen molar-refractivity contribution in [2.24, 2.45) is 0 Å². The smallest absolute Gasteiger partial charge is 0.230 e. The van der Waals surface area contributed by atoms with E-state index in [4.69, 9.17) is 5.73 Å². The minimum atomic E-state index is -0.0935. The summed E-state index contributed by atoms with van der Waals surface area (Å²) in [6.07, 6.45) is 5.20. The van der Waals surface area contributed by atoms with Crippen LogP contribution in [0.15, 0.2) is 29.0 Å². The van der Waals surface area contributed by atoms with Gasteiger partial charge in [-0.1, -0.05) is 23.1 Å². The molecule has 0 aliphatic heterocycles. The molecule has 10 heteroatoms. The van der Waals surface area contributed by atoms with Gasteiger partial charge in [0.15, 0.2) is 9.99 Å². The van der Waals surface area contributed by atoms with Crippen molar-refractivity contribution in [3.63, 3.8) is 0 Å². The van der Waals surface area contributed by atoms with Gasteiger partial charge in [-0.15, -0.1) is 10.2 Å². The summed E-state index contributed by atoms with van der Waals surface area (Å²) in [5.74, 6) is 0.172. The van der Waals surface area contributed by atoms with Crippen molar-refractivity contribution >= 4 is 39.8 Å². The normalized spacial score (nSPS) is 10.9. The number of hydrogen-bond donors (Lipinski definition) is 2. The third-order valence-electron chi connectivity index (χ3n) is 2.58. The first-order chi connectivity index (χ1) is 10.2. The number of aromatic nitrogens is 5. The highest BCUT2D eigenvalue weighted by Crippen LogP contribution is 2.23. The Morgan fingerprint density at radius 1 is 1.48 bits per heavy atom. The molecule has 3 N–H and O–H groups in total. The standard InChI is InChI=1S/C11H11N7OS2/c12-10-16-17-11(21-10)20-6-8(19)14-4-7-5-15-18-3-1-2-13-9(7)18/h1-3,5H,4,6H2,(H2,12,16)(H,14,19). The monoisotopic (exact) mass is 321 g/mol. The average molecular weight is 321 g/mol. The second-order valence-corrected chi connectivity index (χ2v) is 6.26. The molecule has 0 radical (unpaired) electrons. The molecular weight excluding hydrogens is 310 g/mol. The average Bonchev–Trinajstić information content (AvgIpc) is 3.09.